The summed E-state index contributed by atoms with van der Waals surface area (Å²) in [5.74, 6) is -0.177. The first-order valence-electron chi connectivity index (χ1n) is 9.66. The number of pyridine rings is 2. The highest BCUT2D eigenvalue weighted by molar-refractivity contribution is 6.08. The van der Waals surface area contributed by atoms with E-state index < -0.39 is 11.5 Å². The summed E-state index contributed by atoms with van der Waals surface area (Å²) in [5, 5.41) is 3.03. The lowest BCUT2D eigenvalue weighted by Crippen LogP contribution is -2.42. The highest BCUT2D eigenvalue weighted by atomic mass is 16.2. The number of benzene rings is 1. The predicted octanol–water partition coefficient (Wildman–Crippen LogP) is 3.26. The molecular formula is C23H20N4O2. The lowest BCUT2D eigenvalue weighted by molar-refractivity contribution is -0.121. The molecule has 6 heteroatoms. The first kappa shape index (κ1) is 17.6. The Bertz CT molecular complexity index is 1110. The third kappa shape index (κ3) is 2.49. The van der Waals surface area contributed by atoms with Crippen molar-refractivity contribution in [3.8, 4) is 0 Å². The van der Waals surface area contributed by atoms with E-state index in [2.05, 4.69) is 15.3 Å². The number of aromatic nitrogens is 2. The number of likely N-dealkylation sites (tertiary alicyclic amines) is 1. The van der Waals surface area contributed by atoms with Crippen molar-refractivity contribution in [2.24, 2.45) is 0 Å². The van der Waals surface area contributed by atoms with Gasteiger partial charge in [-0.25, -0.2) is 0 Å². The van der Waals surface area contributed by atoms with E-state index in [0.717, 1.165) is 16.8 Å². The number of anilines is 1. The van der Waals surface area contributed by atoms with E-state index in [1.54, 1.807) is 30.7 Å². The fourth-order valence-corrected chi connectivity index (χ4v) is 4.77. The molecule has 2 unspecified atom stereocenters. The Hall–Kier alpha value is -3.54. The summed E-state index contributed by atoms with van der Waals surface area (Å²) in [7, 11) is 0. The lowest BCUT2D eigenvalue weighted by atomic mass is 9.73. The van der Waals surface area contributed by atoms with Gasteiger partial charge in [0.2, 0.25) is 5.91 Å². The summed E-state index contributed by atoms with van der Waals surface area (Å²) >= 11 is 0. The molecule has 0 aliphatic carbocycles. The average molecular weight is 384 g/mol. The fraction of sp³-hybridized carbons (Fsp3) is 0.217. The topological polar surface area (TPSA) is 75.2 Å². The van der Waals surface area contributed by atoms with E-state index in [0.29, 0.717) is 24.2 Å². The van der Waals surface area contributed by atoms with Crippen molar-refractivity contribution < 1.29 is 9.59 Å². The van der Waals surface area contributed by atoms with Crippen molar-refractivity contribution in [2.45, 2.75) is 24.8 Å². The van der Waals surface area contributed by atoms with E-state index in [9.17, 15) is 9.59 Å². The quantitative estimate of drug-likeness (QED) is 0.736. The third-order valence-electron chi connectivity index (χ3n) is 6.08. The van der Waals surface area contributed by atoms with Crippen LogP contribution >= 0.6 is 0 Å². The summed E-state index contributed by atoms with van der Waals surface area (Å²) in [4.78, 5) is 37.2. The molecule has 2 atom stereocenters. The number of aryl methyl sites for hydroxylation is 1. The molecule has 2 aliphatic rings. The van der Waals surface area contributed by atoms with Crippen molar-refractivity contribution in [1.29, 1.82) is 0 Å². The van der Waals surface area contributed by atoms with Gasteiger partial charge in [0.15, 0.2) is 0 Å². The number of carbonyl (C=O) groups is 2. The Balaban J connectivity index is 1.68. The van der Waals surface area contributed by atoms with Crippen LogP contribution in [-0.2, 0) is 10.2 Å². The molecule has 0 saturated carbocycles. The maximum absolute atomic E-state index is 13.5. The standard InChI is InChI=1S/C23H20N4O2/c1-15-17(7-5-12-25-15)21(28)27-13-10-23(20(27)16-6-4-11-24-14-16)18-8-2-3-9-19(18)26-22(23)29/h2-9,11-12,14,20H,10,13H2,1H3,(H,26,29). The number of nitrogens with one attached hydrogen (secondary N) is 1. The molecule has 2 aliphatic heterocycles. The Morgan fingerprint density at radius 1 is 1.14 bits per heavy atom. The molecule has 1 N–H and O–H groups in total. The highest BCUT2D eigenvalue weighted by Crippen LogP contribution is 2.54. The molecule has 144 valence electrons. The summed E-state index contributed by atoms with van der Waals surface area (Å²) < 4.78 is 0. The van der Waals surface area contributed by atoms with Gasteiger partial charge in [-0.1, -0.05) is 24.3 Å². The molecule has 4 heterocycles. The van der Waals surface area contributed by atoms with Crippen LogP contribution in [0.2, 0.25) is 0 Å². The van der Waals surface area contributed by atoms with Gasteiger partial charge in [-0.05, 0) is 48.7 Å². The normalized spacial score (nSPS) is 22.6. The zero-order valence-electron chi connectivity index (χ0n) is 16.0. The van der Waals surface area contributed by atoms with E-state index >= 15 is 0 Å². The van der Waals surface area contributed by atoms with Crippen molar-refractivity contribution in [1.82, 2.24) is 14.9 Å². The van der Waals surface area contributed by atoms with Crippen LogP contribution < -0.4 is 5.32 Å². The summed E-state index contributed by atoms with van der Waals surface area (Å²) in [6.07, 6.45) is 5.69. The van der Waals surface area contributed by atoms with Crippen LogP contribution in [0.3, 0.4) is 0 Å². The van der Waals surface area contributed by atoms with Gasteiger partial charge in [0, 0.05) is 36.5 Å². The van der Waals surface area contributed by atoms with E-state index in [-0.39, 0.29) is 11.8 Å². The number of para-hydroxylation sites is 1. The average Bonchev–Trinajstić information content (AvgIpc) is 3.28. The molecule has 3 aromatic rings. The Morgan fingerprint density at radius 3 is 2.76 bits per heavy atom. The van der Waals surface area contributed by atoms with Crippen LogP contribution in [0, 0.1) is 6.92 Å². The van der Waals surface area contributed by atoms with Crippen molar-refractivity contribution in [3.63, 3.8) is 0 Å². The van der Waals surface area contributed by atoms with E-state index in [1.807, 2.05) is 48.2 Å². The van der Waals surface area contributed by atoms with Gasteiger partial charge in [-0.2, -0.15) is 0 Å². The number of amides is 2. The largest absolute Gasteiger partial charge is 0.330 e. The molecule has 1 aromatic carbocycles. The van der Waals surface area contributed by atoms with Gasteiger partial charge in [-0.15, -0.1) is 0 Å². The molecule has 1 fully saturated rings. The zero-order valence-corrected chi connectivity index (χ0v) is 16.0. The fourth-order valence-electron chi connectivity index (χ4n) is 4.77. The Labute approximate surface area is 168 Å². The zero-order chi connectivity index (χ0) is 20.0. The molecule has 1 saturated heterocycles. The minimum atomic E-state index is -0.828. The number of hydrogen-bond donors (Lipinski definition) is 1. The maximum atomic E-state index is 13.5. The van der Waals surface area contributed by atoms with Gasteiger partial charge in [-0.3, -0.25) is 19.6 Å². The smallest absolute Gasteiger partial charge is 0.256 e. The third-order valence-corrected chi connectivity index (χ3v) is 6.08. The summed E-state index contributed by atoms with van der Waals surface area (Å²) in [6, 6.07) is 14.7. The monoisotopic (exact) mass is 384 g/mol. The second-order valence-corrected chi connectivity index (χ2v) is 7.54. The molecule has 1 spiro atoms. The molecule has 5 rings (SSSR count). The van der Waals surface area contributed by atoms with Gasteiger partial charge < -0.3 is 10.2 Å². The van der Waals surface area contributed by atoms with Crippen LogP contribution in [0.1, 0.15) is 39.6 Å². The maximum Gasteiger partial charge on any atom is 0.256 e. The molecule has 0 radical (unpaired) electrons. The second kappa shape index (κ2) is 6.51. The second-order valence-electron chi connectivity index (χ2n) is 7.54. The number of fused-ring (bicyclic) bond motifs is 2. The van der Waals surface area contributed by atoms with Gasteiger partial charge in [0.1, 0.15) is 5.41 Å². The van der Waals surface area contributed by atoms with E-state index in [4.69, 9.17) is 0 Å². The number of nitrogens with zero attached hydrogens (tertiary/aromatic N) is 3. The molecule has 29 heavy (non-hydrogen) atoms. The molecule has 0 bridgehead atoms. The highest BCUT2D eigenvalue weighted by Gasteiger charge is 2.59. The van der Waals surface area contributed by atoms with Crippen molar-refractivity contribution in [2.75, 3.05) is 11.9 Å². The number of rotatable bonds is 2. The van der Waals surface area contributed by atoms with Crippen LogP contribution in [0.5, 0.6) is 0 Å². The minimum absolute atomic E-state index is 0.0641. The van der Waals surface area contributed by atoms with Crippen molar-refractivity contribution >= 4 is 17.5 Å². The van der Waals surface area contributed by atoms with E-state index in [1.165, 1.54) is 0 Å². The van der Waals surface area contributed by atoms with Crippen molar-refractivity contribution in [3.05, 3.63) is 89.5 Å². The Morgan fingerprint density at radius 2 is 1.97 bits per heavy atom. The number of carbonyl (C=O) groups excluding carboxylic acids is 2. The molecule has 2 aromatic heterocycles. The Kier molecular flexibility index (Phi) is 3.94. The van der Waals surface area contributed by atoms with Gasteiger partial charge in [0.05, 0.1) is 11.6 Å². The summed E-state index contributed by atoms with van der Waals surface area (Å²) in [6.45, 7) is 2.31. The van der Waals surface area contributed by atoms with Gasteiger partial charge >= 0.3 is 0 Å². The predicted molar refractivity (Wildman–Crippen MR) is 108 cm³/mol. The van der Waals surface area contributed by atoms with Crippen LogP contribution in [0.15, 0.2) is 67.1 Å². The van der Waals surface area contributed by atoms with Crippen LogP contribution in [-0.4, -0.2) is 33.2 Å². The first-order chi connectivity index (χ1) is 14.1. The SMILES string of the molecule is Cc1ncccc1C(=O)N1CCC2(C(=O)Nc3ccccc32)C1c1cccnc1. The molecule has 6 nitrogen and oxygen atoms in total. The molecular weight excluding hydrogens is 364 g/mol. The molecule has 2 amide bonds. The number of hydrogen-bond acceptors (Lipinski definition) is 4. The van der Waals surface area contributed by atoms with Crippen LogP contribution in [0.4, 0.5) is 5.69 Å². The first-order valence-corrected chi connectivity index (χ1v) is 9.66. The summed E-state index contributed by atoms with van der Waals surface area (Å²) in [5.41, 5.74) is 3.03. The van der Waals surface area contributed by atoms with Crippen LogP contribution in [0.25, 0.3) is 0 Å². The lowest BCUT2D eigenvalue weighted by Gasteiger charge is -2.34. The minimum Gasteiger partial charge on any atom is -0.330 e. The van der Waals surface area contributed by atoms with Gasteiger partial charge in [0.25, 0.3) is 5.91 Å².